The number of fused-ring (bicyclic) bond motifs is 5. The molecule has 358 valence electrons. The molecule has 0 aromatic heterocycles. The van der Waals surface area contributed by atoms with Crippen LogP contribution in [0.3, 0.4) is 0 Å². The van der Waals surface area contributed by atoms with Gasteiger partial charge in [0, 0.05) is 32.1 Å². The van der Waals surface area contributed by atoms with Crippen molar-refractivity contribution in [3.8, 4) is 0 Å². The zero-order valence-corrected chi connectivity index (χ0v) is 42.0. The van der Waals surface area contributed by atoms with Gasteiger partial charge in [0.05, 0.1) is 6.61 Å². The van der Waals surface area contributed by atoms with Crippen LogP contribution in [0.1, 0.15) is 267 Å². The number of hydrogen-bond acceptors (Lipinski definition) is 5. The lowest BCUT2D eigenvalue weighted by atomic mass is 9.47. The topological polar surface area (TPSA) is 69.7 Å². The average Bonchev–Trinajstić information content (AvgIpc) is 3.60. The number of allylic oxidation sites excluding steroid dienone is 1. The van der Waals surface area contributed by atoms with Crippen LogP contribution in [0.5, 0.6) is 0 Å². The van der Waals surface area contributed by atoms with Crippen LogP contribution in [-0.2, 0) is 23.9 Å². The van der Waals surface area contributed by atoms with Crippen molar-refractivity contribution in [2.45, 2.75) is 273 Å². The van der Waals surface area contributed by atoms with Crippen molar-refractivity contribution in [1.29, 1.82) is 0 Å². The molecule has 0 saturated heterocycles. The first-order chi connectivity index (χ1) is 29.9. The summed E-state index contributed by atoms with van der Waals surface area (Å²) in [5, 5.41) is 0. The summed E-state index contributed by atoms with van der Waals surface area (Å²) >= 11 is 0. The van der Waals surface area contributed by atoms with Gasteiger partial charge in [-0.05, 0) is 129 Å². The Labute approximate surface area is 383 Å². The number of unbranched alkanes of at least 4 members (excludes halogenated alkanes) is 12. The number of rotatable bonds is 33. The first kappa shape index (κ1) is 53.0. The van der Waals surface area contributed by atoms with Crippen molar-refractivity contribution >= 4 is 17.7 Å². The maximum atomic E-state index is 12.9. The van der Waals surface area contributed by atoms with Gasteiger partial charge in [-0.1, -0.05) is 169 Å². The fraction of sp³-hybridized carbons (Fsp3) is 0.912. The molecule has 0 heterocycles. The Hall–Kier alpha value is -1.65. The lowest BCUT2D eigenvalue weighted by molar-refractivity contribution is -0.151. The van der Waals surface area contributed by atoms with Crippen LogP contribution in [0.25, 0.3) is 0 Å². The molecule has 4 aliphatic carbocycles. The van der Waals surface area contributed by atoms with E-state index < -0.39 is 0 Å². The van der Waals surface area contributed by atoms with Gasteiger partial charge in [0.2, 0.25) is 0 Å². The van der Waals surface area contributed by atoms with Crippen molar-refractivity contribution in [3.05, 3.63) is 11.6 Å². The van der Waals surface area contributed by atoms with Gasteiger partial charge in [-0.3, -0.25) is 14.4 Å². The molecule has 4 unspecified atom stereocenters. The van der Waals surface area contributed by atoms with Gasteiger partial charge in [-0.2, -0.15) is 0 Å². The van der Waals surface area contributed by atoms with Gasteiger partial charge in [0.1, 0.15) is 11.9 Å². The summed E-state index contributed by atoms with van der Waals surface area (Å²) in [6.45, 7) is 17.7. The molecule has 0 aliphatic heterocycles. The van der Waals surface area contributed by atoms with E-state index in [0.29, 0.717) is 54.8 Å². The third-order valence-electron chi connectivity index (χ3n) is 17.5. The van der Waals surface area contributed by atoms with Gasteiger partial charge >= 0.3 is 11.9 Å². The molecule has 3 fully saturated rings. The predicted octanol–water partition coefficient (Wildman–Crippen LogP) is 16.7. The highest BCUT2D eigenvalue weighted by Crippen LogP contribution is 2.67. The van der Waals surface area contributed by atoms with E-state index in [1.807, 2.05) is 0 Å². The van der Waals surface area contributed by atoms with Crippen LogP contribution < -0.4 is 0 Å². The molecule has 4 rings (SSSR count). The second-order valence-electron chi connectivity index (χ2n) is 22.6. The van der Waals surface area contributed by atoms with E-state index in [0.717, 1.165) is 119 Å². The van der Waals surface area contributed by atoms with Gasteiger partial charge in [0.15, 0.2) is 0 Å². The number of carbonyl (C=O) groups excluding carboxylic acids is 3. The molecule has 0 spiro atoms. The van der Waals surface area contributed by atoms with Gasteiger partial charge in [-0.25, -0.2) is 0 Å². The molecule has 3 saturated carbocycles. The molecule has 5 nitrogen and oxygen atoms in total. The molecule has 0 aromatic carbocycles. The highest BCUT2D eigenvalue weighted by atomic mass is 16.5. The van der Waals surface area contributed by atoms with Crippen LogP contribution in [0.2, 0.25) is 0 Å². The van der Waals surface area contributed by atoms with E-state index in [2.05, 4.69) is 54.5 Å². The van der Waals surface area contributed by atoms with E-state index in [4.69, 9.17) is 9.47 Å². The maximum Gasteiger partial charge on any atom is 0.306 e. The van der Waals surface area contributed by atoms with E-state index in [9.17, 15) is 14.4 Å². The van der Waals surface area contributed by atoms with Crippen molar-refractivity contribution in [2.24, 2.45) is 52.3 Å². The minimum atomic E-state index is -0.0385. The quantitative estimate of drug-likeness (QED) is 0.0373. The SMILES string of the molecule is CCCCCC(CCCCC)CCOC(=O)CCCCCCCC(=O)CCCCCCCC(=O)O[C@H]1CC[C@@]2(C)C(=CCC3C2CC[C@@]2(C)C3CC[C@@H]2C(C)CCCC(C)C)C1. The molecule has 0 N–H and O–H groups in total. The summed E-state index contributed by atoms with van der Waals surface area (Å²) in [4.78, 5) is 37.7. The van der Waals surface area contributed by atoms with E-state index in [1.54, 1.807) is 5.57 Å². The Morgan fingerprint density at radius 3 is 1.87 bits per heavy atom. The summed E-state index contributed by atoms with van der Waals surface area (Å²) in [7, 11) is 0. The zero-order chi connectivity index (χ0) is 44.8. The minimum Gasteiger partial charge on any atom is -0.466 e. The molecule has 0 amide bonds. The van der Waals surface area contributed by atoms with E-state index in [-0.39, 0.29) is 18.0 Å². The largest absolute Gasteiger partial charge is 0.466 e. The Morgan fingerprint density at radius 2 is 1.24 bits per heavy atom. The van der Waals surface area contributed by atoms with Crippen LogP contribution in [0.15, 0.2) is 11.6 Å². The van der Waals surface area contributed by atoms with Crippen LogP contribution in [-0.4, -0.2) is 30.4 Å². The Morgan fingerprint density at radius 1 is 0.629 bits per heavy atom. The molecule has 8 atom stereocenters. The van der Waals surface area contributed by atoms with Crippen molar-refractivity contribution in [1.82, 2.24) is 0 Å². The third-order valence-corrected chi connectivity index (χ3v) is 17.5. The second-order valence-corrected chi connectivity index (χ2v) is 22.6. The fourth-order valence-electron chi connectivity index (χ4n) is 13.6. The molecule has 0 aromatic rings. The van der Waals surface area contributed by atoms with Gasteiger partial charge < -0.3 is 9.47 Å². The van der Waals surface area contributed by atoms with Gasteiger partial charge in [0.25, 0.3) is 0 Å². The number of ether oxygens (including phenoxy) is 2. The maximum absolute atomic E-state index is 12.9. The predicted molar refractivity (Wildman–Crippen MR) is 260 cm³/mol. The molecule has 0 radical (unpaired) electrons. The van der Waals surface area contributed by atoms with Crippen LogP contribution in [0, 0.1) is 52.3 Å². The first-order valence-electron chi connectivity index (χ1n) is 27.5. The Balaban J connectivity index is 0.987. The molecule has 5 heteroatoms. The van der Waals surface area contributed by atoms with Crippen molar-refractivity contribution < 1.29 is 23.9 Å². The number of ketones is 1. The highest BCUT2D eigenvalue weighted by molar-refractivity contribution is 5.78. The second kappa shape index (κ2) is 28.4. The smallest absolute Gasteiger partial charge is 0.306 e. The Bertz CT molecular complexity index is 1310. The lowest BCUT2D eigenvalue weighted by Crippen LogP contribution is -2.51. The number of Topliss-reactive ketones (excluding diaryl/α,β-unsaturated/α-hetero) is 1. The lowest BCUT2D eigenvalue weighted by Gasteiger charge is -2.58. The molecular weight excluding hydrogens is 765 g/mol. The normalized spacial score (nSPS) is 27.4. The van der Waals surface area contributed by atoms with Crippen molar-refractivity contribution in [3.63, 3.8) is 0 Å². The van der Waals surface area contributed by atoms with Gasteiger partial charge in [-0.15, -0.1) is 0 Å². The van der Waals surface area contributed by atoms with E-state index >= 15 is 0 Å². The Kier molecular flexibility index (Phi) is 24.3. The van der Waals surface area contributed by atoms with Crippen molar-refractivity contribution in [2.75, 3.05) is 6.61 Å². The summed E-state index contributed by atoms with van der Waals surface area (Å²) in [6.07, 6.45) is 40.7. The number of carbonyl (C=O) groups is 3. The first-order valence-corrected chi connectivity index (χ1v) is 27.5. The molecule has 0 bridgehead atoms. The summed E-state index contributed by atoms with van der Waals surface area (Å²) in [5.74, 6) is 6.14. The molecule has 62 heavy (non-hydrogen) atoms. The fourth-order valence-corrected chi connectivity index (χ4v) is 13.6. The number of esters is 2. The van der Waals surface area contributed by atoms with Crippen LogP contribution in [0.4, 0.5) is 0 Å². The molecule has 4 aliphatic rings. The third kappa shape index (κ3) is 17.0. The summed E-state index contributed by atoms with van der Waals surface area (Å²) < 4.78 is 11.7. The standard InChI is InChI=1S/C57H100O5/c1-8-10-18-27-46(28-19-11-9-2)39-42-61-54(59)31-22-16-12-14-20-29-48(58)30-21-15-13-17-23-32-55(60)62-49-37-40-56(6)47(43-49)33-34-50-52-36-35-51(45(5)26-24-25-44(3)4)57(52,7)41-38-53(50)56/h33,44-46,49-53H,8-32,34-43H2,1-7H3/t45?,49-,50?,51+,52?,53?,56-,57+/m0/s1. The zero-order valence-electron chi connectivity index (χ0n) is 42.0. The monoisotopic (exact) mass is 865 g/mol. The number of hydrogen-bond donors (Lipinski definition) is 0. The highest BCUT2D eigenvalue weighted by Gasteiger charge is 2.59. The van der Waals surface area contributed by atoms with Crippen LogP contribution >= 0.6 is 0 Å². The molecular formula is C57H100O5. The summed E-state index contributed by atoms with van der Waals surface area (Å²) in [5.41, 5.74) is 2.42. The van der Waals surface area contributed by atoms with E-state index in [1.165, 1.54) is 109 Å². The summed E-state index contributed by atoms with van der Waals surface area (Å²) in [6, 6.07) is 0. The average molecular weight is 865 g/mol. The minimum absolute atomic E-state index is 0.00868.